The molecular formula is C22H36O3. The number of aliphatic hydroxyl groups is 1. The number of Topliss-reactive ketones (excluding diaryl/α,β-unsaturated/α-hetero) is 1. The molecule has 0 amide bonds. The van der Waals surface area contributed by atoms with E-state index in [0.717, 1.165) is 38.5 Å². The molecule has 0 aromatic heterocycles. The van der Waals surface area contributed by atoms with E-state index in [0.29, 0.717) is 17.6 Å². The zero-order valence-corrected chi connectivity index (χ0v) is 16.9. The van der Waals surface area contributed by atoms with Crippen molar-refractivity contribution in [3.8, 4) is 0 Å². The van der Waals surface area contributed by atoms with E-state index in [4.69, 9.17) is 0 Å². The van der Waals surface area contributed by atoms with Crippen LogP contribution < -0.4 is 0 Å². The van der Waals surface area contributed by atoms with E-state index in [1.165, 1.54) is 5.57 Å². The van der Waals surface area contributed by atoms with Gasteiger partial charge in [0.1, 0.15) is 5.78 Å². The molecule has 3 aliphatic carbocycles. The van der Waals surface area contributed by atoms with Crippen molar-refractivity contribution in [1.29, 1.82) is 0 Å². The predicted octanol–water partition coefficient (Wildman–Crippen LogP) is 4.70. The van der Waals surface area contributed by atoms with Crippen molar-refractivity contribution in [2.75, 3.05) is 14.2 Å². The summed E-state index contributed by atoms with van der Waals surface area (Å²) in [6.07, 6.45) is 10.4. The average molecular weight is 349 g/mol. The molecule has 0 saturated heterocycles. The van der Waals surface area contributed by atoms with Gasteiger partial charge < -0.3 is 9.84 Å². The van der Waals surface area contributed by atoms with Crippen LogP contribution in [0.25, 0.3) is 0 Å². The standard InChI is InChI=1S/C20H30O2.C2H6O/c1-5-17-16-7-6-14-12-15(22)8-10-20(14,4)18(16)9-11-19(17,3)13(2)21;1-3-2/h6,9,15-17,22H,5,7-8,10-12H2,1-4H3;1-2H3. The molecule has 1 N–H and O–H groups in total. The molecular weight excluding hydrogens is 312 g/mol. The Balaban J connectivity index is 0.000000701. The second-order valence-corrected chi connectivity index (χ2v) is 8.56. The minimum atomic E-state index is -0.196. The van der Waals surface area contributed by atoms with Gasteiger partial charge in [0.2, 0.25) is 0 Å². The molecule has 0 spiro atoms. The molecule has 142 valence electrons. The number of allylic oxidation sites excluding steroid dienone is 3. The van der Waals surface area contributed by atoms with Gasteiger partial charge in [-0.05, 0) is 50.9 Å². The van der Waals surface area contributed by atoms with Crippen LogP contribution in [0.1, 0.15) is 66.2 Å². The van der Waals surface area contributed by atoms with Gasteiger partial charge in [-0.3, -0.25) is 4.79 Å². The lowest BCUT2D eigenvalue weighted by Crippen LogP contribution is -2.47. The number of methoxy groups -OCH3 is 1. The van der Waals surface area contributed by atoms with Crippen LogP contribution in [-0.2, 0) is 9.53 Å². The summed E-state index contributed by atoms with van der Waals surface area (Å²) in [5.41, 5.74) is 2.95. The third-order valence-corrected chi connectivity index (χ3v) is 7.09. The first kappa shape index (κ1) is 20.4. The molecule has 0 aromatic carbocycles. The highest BCUT2D eigenvalue weighted by Gasteiger charge is 2.51. The van der Waals surface area contributed by atoms with Crippen molar-refractivity contribution in [3.05, 3.63) is 23.3 Å². The number of carbonyl (C=O) groups excluding carboxylic acids is 1. The summed E-state index contributed by atoms with van der Waals surface area (Å²) < 4.78 is 4.25. The van der Waals surface area contributed by atoms with Gasteiger partial charge in [0.15, 0.2) is 0 Å². The summed E-state index contributed by atoms with van der Waals surface area (Å²) >= 11 is 0. The van der Waals surface area contributed by atoms with Crippen molar-refractivity contribution in [2.45, 2.75) is 72.3 Å². The molecule has 3 nitrogen and oxygen atoms in total. The quantitative estimate of drug-likeness (QED) is 0.736. The maximum atomic E-state index is 12.3. The Morgan fingerprint density at radius 2 is 1.96 bits per heavy atom. The number of ether oxygens (including phenoxy) is 1. The Bertz CT molecular complexity index is 562. The fourth-order valence-electron chi connectivity index (χ4n) is 5.46. The second kappa shape index (κ2) is 7.75. The minimum absolute atomic E-state index is 0.133. The van der Waals surface area contributed by atoms with E-state index >= 15 is 0 Å². The van der Waals surface area contributed by atoms with Gasteiger partial charge >= 0.3 is 0 Å². The summed E-state index contributed by atoms with van der Waals surface area (Å²) in [5, 5.41) is 10.0. The minimum Gasteiger partial charge on any atom is -0.393 e. The van der Waals surface area contributed by atoms with Gasteiger partial charge in [0.25, 0.3) is 0 Å². The summed E-state index contributed by atoms with van der Waals surface area (Å²) in [6.45, 7) is 8.54. The summed E-state index contributed by atoms with van der Waals surface area (Å²) in [5.74, 6) is 1.30. The number of fused-ring (bicyclic) bond motifs is 3. The van der Waals surface area contributed by atoms with E-state index in [1.54, 1.807) is 26.7 Å². The number of carbonyl (C=O) groups is 1. The molecule has 25 heavy (non-hydrogen) atoms. The number of hydrogen-bond acceptors (Lipinski definition) is 3. The fourth-order valence-corrected chi connectivity index (χ4v) is 5.46. The van der Waals surface area contributed by atoms with Crippen LogP contribution in [0, 0.1) is 22.7 Å². The van der Waals surface area contributed by atoms with E-state index in [1.807, 2.05) is 0 Å². The molecule has 3 rings (SSSR count). The van der Waals surface area contributed by atoms with E-state index < -0.39 is 0 Å². The Morgan fingerprint density at radius 1 is 1.32 bits per heavy atom. The first-order valence-electron chi connectivity index (χ1n) is 9.73. The molecule has 5 unspecified atom stereocenters. The van der Waals surface area contributed by atoms with E-state index in [2.05, 4.69) is 37.7 Å². The zero-order valence-electron chi connectivity index (χ0n) is 16.9. The molecule has 1 fully saturated rings. The topological polar surface area (TPSA) is 46.5 Å². The van der Waals surface area contributed by atoms with Crippen LogP contribution in [0.3, 0.4) is 0 Å². The van der Waals surface area contributed by atoms with Crippen LogP contribution in [0.2, 0.25) is 0 Å². The Hall–Kier alpha value is -0.930. The molecule has 5 atom stereocenters. The summed E-state index contributed by atoms with van der Waals surface area (Å²) in [4.78, 5) is 12.3. The maximum Gasteiger partial charge on any atom is 0.136 e. The average Bonchev–Trinajstić information content (AvgIpc) is 2.56. The van der Waals surface area contributed by atoms with Gasteiger partial charge in [-0.25, -0.2) is 0 Å². The number of hydrogen-bond donors (Lipinski definition) is 1. The van der Waals surface area contributed by atoms with Gasteiger partial charge in [-0.15, -0.1) is 0 Å². The van der Waals surface area contributed by atoms with Crippen LogP contribution in [-0.4, -0.2) is 31.2 Å². The summed E-state index contributed by atoms with van der Waals surface area (Å²) in [6, 6.07) is 0. The van der Waals surface area contributed by atoms with Crippen LogP contribution in [0.5, 0.6) is 0 Å². The van der Waals surface area contributed by atoms with Gasteiger partial charge in [0.05, 0.1) is 6.10 Å². The van der Waals surface area contributed by atoms with Gasteiger partial charge in [-0.1, -0.05) is 50.5 Å². The molecule has 1 saturated carbocycles. The van der Waals surface area contributed by atoms with Crippen LogP contribution in [0.15, 0.2) is 23.3 Å². The Kier molecular flexibility index (Phi) is 6.32. The van der Waals surface area contributed by atoms with Crippen molar-refractivity contribution >= 4 is 5.78 Å². The smallest absolute Gasteiger partial charge is 0.136 e. The fraction of sp³-hybridized carbons (Fsp3) is 0.773. The SMILES string of the molecule is CCC1C2CC=C3CC(O)CCC3(C)C2=CCC1(C)C(C)=O.COC. The lowest BCUT2D eigenvalue weighted by atomic mass is 9.51. The predicted molar refractivity (Wildman–Crippen MR) is 102 cm³/mol. The molecule has 3 heteroatoms. The highest BCUT2D eigenvalue weighted by Crippen LogP contribution is 2.59. The first-order chi connectivity index (χ1) is 11.7. The highest BCUT2D eigenvalue weighted by molar-refractivity contribution is 5.83. The van der Waals surface area contributed by atoms with Crippen molar-refractivity contribution in [1.82, 2.24) is 0 Å². The van der Waals surface area contributed by atoms with E-state index in [-0.39, 0.29) is 16.9 Å². The zero-order chi connectivity index (χ0) is 18.8. The summed E-state index contributed by atoms with van der Waals surface area (Å²) in [7, 11) is 3.25. The second-order valence-electron chi connectivity index (χ2n) is 8.56. The Morgan fingerprint density at radius 3 is 2.52 bits per heavy atom. The number of ketones is 1. The molecule has 3 aliphatic rings. The first-order valence-corrected chi connectivity index (χ1v) is 9.73. The third kappa shape index (κ3) is 3.50. The molecule has 0 aliphatic heterocycles. The number of rotatable bonds is 2. The molecule has 0 radical (unpaired) electrons. The normalized spacial score (nSPS) is 39.9. The molecule has 0 aromatic rings. The van der Waals surface area contributed by atoms with Crippen molar-refractivity contribution in [3.63, 3.8) is 0 Å². The van der Waals surface area contributed by atoms with Gasteiger partial charge in [-0.2, -0.15) is 0 Å². The third-order valence-electron chi connectivity index (χ3n) is 7.09. The lowest BCUT2D eigenvalue weighted by Gasteiger charge is -2.53. The van der Waals surface area contributed by atoms with Crippen LogP contribution >= 0.6 is 0 Å². The van der Waals surface area contributed by atoms with Crippen molar-refractivity contribution in [2.24, 2.45) is 22.7 Å². The Labute approximate surface area is 153 Å². The van der Waals surface area contributed by atoms with E-state index in [9.17, 15) is 9.90 Å². The molecule has 0 bridgehead atoms. The lowest BCUT2D eigenvalue weighted by molar-refractivity contribution is -0.130. The molecule has 0 heterocycles. The van der Waals surface area contributed by atoms with Gasteiger partial charge in [0, 0.05) is 25.0 Å². The maximum absolute atomic E-state index is 12.3. The highest BCUT2D eigenvalue weighted by atomic mass is 16.4. The van der Waals surface area contributed by atoms with Crippen LogP contribution in [0.4, 0.5) is 0 Å². The number of aliphatic hydroxyl groups excluding tert-OH is 1. The largest absolute Gasteiger partial charge is 0.393 e. The monoisotopic (exact) mass is 348 g/mol. The van der Waals surface area contributed by atoms with Crippen molar-refractivity contribution < 1.29 is 14.6 Å².